The van der Waals surface area contributed by atoms with Gasteiger partial charge in [0.25, 0.3) is 0 Å². The molecule has 12 aromatic rings. The maximum Gasteiger partial charge on any atom is 0.179 e. The highest BCUT2D eigenvalue weighted by Gasteiger charge is 2.41. The van der Waals surface area contributed by atoms with Crippen LogP contribution >= 0.6 is 0 Å². The lowest BCUT2D eigenvalue weighted by Crippen LogP contribution is -2.74. The van der Waals surface area contributed by atoms with Crippen LogP contribution in [0, 0.1) is 0 Å². The first-order chi connectivity index (χ1) is 35.4. The zero-order valence-electron chi connectivity index (χ0n) is 40.3. The second kappa shape index (κ2) is 17.6. The summed E-state index contributed by atoms with van der Waals surface area (Å²) in [4.78, 5) is 2.37. The minimum Gasteiger partial charge on any atom is -0.456 e. The molecule has 0 aliphatic heterocycles. The zero-order chi connectivity index (χ0) is 48.2. The molecule has 13 rings (SSSR count). The minimum atomic E-state index is -2.63. The summed E-state index contributed by atoms with van der Waals surface area (Å²) in [5, 5.41) is 7.74. The van der Waals surface area contributed by atoms with Crippen LogP contribution in [0.1, 0.15) is 25.0 Å². The molecule has 0 radical (unpaired) electrons. The maximum absolute atomic E-state index is 6.29. The molecular weight excluding hydrogens is 887 g/mol. The Morgan fingerprint density at radius 2 is 0.694 bits per heavy atom. The van der Waals surface area contributed by atoms with Crippen molar-refractivity contribution in [2.75, 3.05) is 4.90 Å². The van der Waals surface area contributed by atoms with Gasteiger partial charge in [-0.15, -0.1) is 0 Å². The Morgan fingerprint density at radius 3 is 1.25 bits per heavy atom. The topological polar surface area (TPSA) is 16.4 Å². The molecule has 0 amide bonds. The van der Waals surface area contributed by atoms with E-state index in [4.69, 9.17) is 4.42 Å². The van der Waals surface area contributed by atoms with E-state index in [9.17, 15) is 0 Å². The Balaban J connectivity index is 0.858. The molecule has 0 N–H and O–H groups in total. The van der Waals surface area contributed by atoms with E-state index in [0.29, 0.717) is 0 Å². The van der Waals surface area contributed by atoms with Crippen LogP contribution in [0.2, 0.25) is 0 Å². The van der Waals surface area contributed by atoms with Gasteiger partial charge in [-0.2, -0.15) is 0 Å². The standard InChI is InChI=1S/C69H51NOSi/c1-69(2)65-24-14-12-22-61(65)62-44-34-52(46-66(62)69)50-28-38-55(39-29-50)70(56-40-30-51(31-41-56)53-35-45-64-63-23-13-15-25-67(63)71-68(64)47-53)54-36-26-48(27-37-54)49-32-42-60(43-33-49)72(57-16-6-3-7-17-57,58-18-8-4-9-19-58)59-20-10-5-11-21-59/h3-47H,1-2H3. The van der Waals surface area contributed by atoms with Gasteiger partial charge in [-0.3, -0.25) is 0 Å². The van der Waals surface area contributed by atoms with Gasteiger partial charge in [0.1, 0.15) is 11.2 Å². The monoisotopic (exact) mass is 937 g/mol. The summed E-state index contributed by atoms with van der Waals surface area (Å²) in [7, 11) is -2.63. The Morgan fingerprint density at radius 1 is 0.306 bits per heavy atom. The molecule has 0 fully saturated rings. The molecule has 2 nitrogen and oxygen atoms in total. The van der Waals surface area contributed by atoms with Crippen LogP contribution in [0.25, 0.3) is 66.4 Å². The van der Waals surface area contributed by atoms with Gasteiger partial charge in [0.15, 0.2) is 8.07 Å². The number of furan rings is 1. The molecule has 0 unspecified atom stereocenters. The molecule has 11 aromatic carbocycles. The number of benzene rings is 11. The number of rotatable bonds is 10. The highest BCUT2D eigenvalue weighted by atomic mass is 28.3. The fourth-order valence-electron chi connectivity index (χ4n) is 11.6. The van der Waals surface area contributed by atoms with Crippen molar-refractivity contribution in [3.63, 3.8) is 0 Å². The summed E-state index contributed by atoms with van der Waals surface area (Å²) in [6.07, 6.45) is 0. The van der Waals surface area contributed by atoms with E-state index in [1.807, 2.05) is 12.1 Å². The third-order valence-electron chi connectivity index (χ3n) is 15.3. The summed E-state index contributed by atoms with van der Waals surface area (Å²) in [6, 6.07) is 100. The molecule has 1 aromatic heterocycles. The highest BCUT2D eigenvalue weighted by Crippen LogP contribution is 2.50. The lowest BCUT2D eigenvalue weighted by molar-refractivity contribution is 0.660. The van der Waals surface area contributed by atoms with Crippen molar-refractivity contribution >= 4 is 67.8 Å². The van der Waals surface area contributed by atoms with Crippen LogP contribution in [0.5, 0.6) is 0 Å². The molecule has 342 valence electrons. The van der Waals surface area contributed by atoms with E-state index in [2.05, 4.69) is 280 Å². The van der Waals surface area contributed by atoms with Crippen molar-refractivity contribution in [2.24, 2.45) is 0 Å². The zero-order valence-corrected chi connectivity index (χ0v) is 41.3. The normalized spacial score (nSPS) is 12.7. The number of anilines is 3. The predicted molar refractivity (Wildman–Crippen MR) is 306 cm³/mol. The summed E-state index contributed by atoms with van der Waals surface area (Å²) in [5.41, 5.74) is 17.5. The molecule has 0 saturated heterocycles. The van der Waals surface area contributed by atoms with Crippen molar-refractivity contribution < 1.29 is 4.42 Å². The quantitative estimate of drug-likeness (QED) is 0.100. The molecule has 1 aliphatic carbocycles. The summed E-state index contributed by atoms with van der Waals surface area (Å²) >= 11 is 0. The molecule has 0 bridgehead atoms. The minimum absolute atomic E-state index is 0.0599. The van der Waals surface area contributed by atoms with Crippen molar-refractivity contribution in [1.82, 2.24) is 0 Å². The van der Waals surface area contributed by atoms with Gasteiger partial charge in [0, 0.05) is 33.2 Å². The molecule has 1 heterocycles. The second-order valence-corrected chi connectivity index (χ2v) is 23.5. The van der Waals surface area contributed by atoms with E-state index < -0.39 is 8.07 Å². The van der Waals surface area contributed by atoms with E-state index in [-0.39, 0.29) is 5.41 Å². The van der Waals surface area contributed by atoms with Gasteiger partial charge in [-0.05, 0) is 137 Å². The predicted octanol–water partition coefficient (Wildman–Crippen LogP) is 15.7. The van der Waals surface area contributed by atoms with Crippen LogP contribution in [0.15, 0.2) is 277 Å². The average Bonchev–Trinajstić information content (AvgIpc) is 3.93. The molecule has 72 heavy (non-hydrogen) atoms. The van der Waals surface area contributed by atoms with E-state index in [1.54, 1.807) is 0 Å². The molecule has 0 atom stereocenters. The van der Waals surface area contributed by atoms with Crippen LogP contribution < -0.4 is 25.6 Å². The smallest absolute Gasteiger partial charge is 0.179 e. The largest absolute Gasteiger partial charge is 0.456 e. The third kappa shape index (κ3) is 7.24. The van der Waals surface area contributed by atoms with Gasteiger partial charge < -0.3 is 9.32 Å². The van der Waals surface area contributed by atoms with Gasteiger partial charge in [-0.1, -0.05) is 226 Å². The maximum atomic E-state index is 6.29. The Kier molecular flexibility index (Phi) is 10.6. The number of para-hydroxylation sites is 1. The van der Waals surface area contributed by atoms with Gasteiger partial charge in [0.05, 0.1) is 0 Å². The molecule has 3 heteroatoms. The second-order valence-electron chi connectivity index (χ2n) is 19.6. The lowest BCUT2D eigenvalue weighted by atomic mass is 9.81. The number of nitrogens with zero attached hydrogens (tertiary/aromatic N) is 1. The summed E-state index contributed by atoms with van der Waals surface area (Å²) < 4.78 is 6.29. The fraction of sp³-hybridized carbons (Fsp3) is 0.0435. The Hall–Kier alpha value is -8.76. The van der Waals surface area contributed by atoms with Crippen molar-refractivity contribution in [3.05, 3.63) is 284 Å². The first-order valence-electron chi connectivity index (χ1n) is 25.0. The average molecular weight is 938 g/mol. The Bertz CT molecular complexity index is 3800. The lowest BCUT2D eigenvalue weighted by Gasteiger charge is -2.34. The molecule has 0 saturated carbocycles. The number of fused-ring (bicyclic) bond motifs is 6. The van der Waals surface area contributed by atoms with Crippen molar-refractivity contribution in [1.29, 1.82) is 0 Å². The van der Waals surface area contributed by atoms with Gasteiger partial charge >= 0.3 is 0 Å². The van der Waals surface area contributed by atoms with Crippen LogP contribution in [-0.4, -0.2) is 8.07 Å². The SMILES string of the molecule is CC1(C)c2ccccc2-c2ccc(-c3ccc(N(c4ccc(-c5ccc([Si](c6ccccc6)(c6ccccc6)c6ccccc6)cc5)cc4)c4ccc(-c5ccc6c(c5)oc5ccccc56)cc4)cc3)cc21. The van der Waals surface area contributed by atoms with Crippen molar-refractivity contribution in [3.8, 4) is 44.5 Å². The fourth-order valence-corrected chi connectivity index (χ4v) is 16.4. The van der Waals surface area contributed by atoms with E-state index in [1.165, 1.54) is 65.3 Å². The third-order valence-corrected chi connectivity index (χ3v) is 20.1. The number of hydrogen-bond acceptors (Lipinski definition) is 2. The summed E-state index contributed by atoms with van der Waals surface area (Å²) in [6.45, 7) is 4.70. The Labute approximate surface area is 422 Å². The summed E-state index contributed by atoms with van der Waals surface area (Å²) in [5.74, 6) is 0. The van der Waals surface area contributed by atoms with Crippen molar-refractivity contribution in [2.45, 2.75) is 19.3 Å². The first-order valence-corrected chi connectivity index (χ1v) is 27.0. The first kappa shape index (κ1) is 43.3. The van der Waals surface area contributed by atoms with E-state index >= 15 is 0 Å². The molecular formula is C69H51NOSi. The van der Waals surface area contributed by atoms with Crippen LogP contribution in [-0.2, 0) is 5.41 Å². The molecule has 0 spiro atoms. The van der Waals surface area contributed by atoms with Gasteiger partial charge in [-0.25, -0.2) is 0 Å². The van der Waals surface area contributed by atoms with Gasteiger partial charge in [0.2, 0.25) is 0 Å². The van der Waals surface area contributed by atoms with E-state index in [0.717, 1.165) is 50.1 Å². The number of hydrogen-bond donors (Lipinski definition) is 0. The van der Waals surface area contributed by atoms with Crippen LogP contribution in [0.4, 0.5) is 17.1 Å². The molecule has 1 aliphatic rings. The van der Waals surface area contributed by atoms with Crippen LogP contribution in [0.3, 0.4) is 0 Å². The highest BCUT2D eigenvalue weighted by molar-refractivity contribution is 7.19.